The summed E-state index contributed by atoms with van der Waals surface area (Å²) in [4.78, 5) is 4.67. The zero-order chi connectivity index (χ0) is 15.1. The summed E-state index contributed by atoms with van der Waals surface area (Å²) in [6.45, 7) is 5.92. The van der Waals surface area contributed by atoms with Crippen molar-refractivity contribution >= 4 is 5.96 Å². The Hall–Kier alpha value is -1.71. The number of benzene rings is 1. The van der Waals surface area contributed by atoms with E-state index >= 15 is 0 Å². The molecule has 2 atom stereocenters. The summed E-state index contributed by atoms with van der Waals surface area (Å²) in [5.41, 5.74) is 1.19. The van der Waals surface area contributed by atoms with Gasteiger partial charge in [-0.05, 0) is 43.4 Å². The Bertz CT molecular complexity index is 456. The lowest BCUT2D eigenvalue weighted by Gasteiger charge is -2.11. The number of ether oxygens (including phenoxy) is 1. The molecule has 4 nitrogen and oxygen atoms in total. The molecule has 1 fully saturated rings. The highest BCUT2D eigenvalue weighted by molar-refractivity contribution is 5.80. The quantitative estimate of drug-likeness (QED) is 0.599. The van der Waals surface area contributed by atoms with Gasteiger partial charge in [-0.3, -0.25) is 0 Å². The van der Waals surface area contributed by atoms with Gasteiger partial charge in [-0.1, -0.05) is 25.5 Å². The van der Waals surface area contributed by atoms with Gasteiger partial charge >= 0.3 is 0 Å². The Morgan fingerprint density at radius 2 is 2.05 bits per heavy atom. The highest BCUT2D eigenvalue weighted by atomic mass is 16.5. The van der Waals surface area contributed by atoms with Crippen molar-refractivity contribution in [3.63, 3.8) is 0 Å². The molecule has 0 spiro atoms. The van der Waals surface area contributed by atoms with E-state index < -0.39 is 0 Å². The lowest BCUT2D eigenvalue weighted by molar-refractivity contribution is 0.414. The molecule has 2 N–H and O–H groups in total. The van der Waals surface area contributed by atoms with Crippen LogP contribution in [0.5, 0.6) is 5.75 Å². The number of aliphatic imine (C=N–C) groups is 1. The average Bonchev–Trinajstić information content (AvgIpc) is 3.24. The zero-order valence-electron chi connectivity index (χ0n) is 13.4. The summed E-state index contributed by atoms with van der Waals surface area (Å²) in [5, 5.41) is 6.86. The van der Waals surface area contributed by atoms with Crippen LogP contribution in [0, 0.1) is 5.92 Å². The molecule has 0 aromatic heterocycles. The van der Waals surface area contributed by atoms with Gasteiger partial charge in [-0.15, -0.1) is 0 Å². The van der Waals surface area contributed by atoms with E-state index in [1.807, 2.05) is 12.1 Å². The molecule has 1 aliphatic rings. The van der Waals surface area contributed by atoms with Gasteiger partial charge in [-0.2, -0.15) is 0 Å². The highest BCUT2D eigenvalue weighted by Gasteiger charge is 2.36. The molecule has 1 aromatic rings. The first kappa shape index (κ1) is 15.7. The van der Waals surface area contributed by atoms with Crippen LogP contribution in [-0.4, -0.2) is 25.7 Å². The van der Waals surface area contributed by atoms with Crippen LogP contribution in [0.25, 0.3) is 0 Å². The topological polar surface area (TPSA) is 45.7 Å². The minimum Gasteiger partial charge on any atom is -0.497 e. The largest absolute Gasteiger partial charge is 0.497 e. The van der Waals surface area contributed by atoms with Crippen molar-refractivity contribution in [1.29, 1.82) is 0 Å². The molecule has 116 valence electrons. The highest BCUT2D eigenvalue weighted by Crippen LogP contribution is 2.34. The number of rotatable bonds is 7. The second kappa shape index (κ2) is 7.91. The van der Waals surface area contributed by atoms with Crippen LogP contribution in [0.1, 0.15) is 38.7 Å². The van der Waals surface area contributed by atoms with Crippen LogP contribution in [0.2, 0.25) is 0 Å². The Morgan fingerprint density at radius 3 is 2.67 bits per heavy atom. The molecule has 2 unspecified atom stereocenters. The van der Waals surface area contributed by atoms with Crippen molar-refractivity contribution < 1.29 is 4.74 Å². The van der Waals surface area contributed by atoms with Crippen LogP contribution >= 0.6 is 0 Å². The predicted octanol–water partition coefficient (Wildman–Crippen LogP) is 2.94. The summed E-state index contributed by atoms with van der Waals surface area (Å²) in [5.74, 6) is 2.64. The van der Waals surface area contributed by atoms with Gasteiger partial charge in [0.1, 0.15) is 5.75 Å². The molecule has 21 heavy (non-hydrogen) atoms. The van der Waals surface area contributed by atoms with Gasteiger partial charge in [-0.25, -0.2) is 4.99 Å². The smallest absolute Gasteiger partial charge is 0.191 e. The number of methoxy groups -OCH3 is 1. The van der Waals surface area contributed by atoms with Gasteiger partial charge in [0.25, 0.3) is 0 Å². The molecule has 1 aromatic carbocycles. The number of hydrogen-bond donors (Lipinski definition) is 2. The van der Waals surface area contributed by atoms with Crippen molar-refractivity contribution in [2.24, 2.45) is 10.9 Å². The normalized spacial score (nSPS) is 21.0. The summed E-state index contributed by atoms with van der Waals surface area (Å²) in [6, 6.07) is 8.68. The van der Waals surface area contributed by atoms with Gasteiger partial charge < -0.3 is 15.4 Å². The third kappa shape index (κ3) is 4.96. The number of nitrogens with one attached hydrogen (secondary N) is 2. The molecule has 0 aliphatic heterocycles. The van der Waals surface area contributed by atoms with E-state index in [2.05, 4.69) is 41.6 Å². The first-order valence-electron chi connectivity index (χ1n) is 7.94. The number of guanidine groups is 1. The molecule has 0 bridgehead atoms. The molecule has 1 aliphatic carbocycles. The lowest BCUT2D eigenvalue weighted by atomic mass is 10.2. The van der Waals surface area contributed by atoms with Crippen molar-refractivity contribution in [3.05, 3.63) is 29.8 Å². The second-order valence-corrected chi connectivity index (χ2v) is 5.58. The van der Waals surface area contributed by atoms with Crippen LogP contribution < -0.4 is 15.4 Å². The summed E-state index contributed by atoms with van der Waals surface area (Å²) in [7, 11) is 1.68. The van der Waals surface area contributed by atoms with E-state index in [1.54, 1.807) is 7.11 Å². The fraction of sp³-hybridized carbons (Fsp3) is 0.588. The van der Waals surface area contributed by atoms with E-state index in [9.17, 15) is 0 Å². The first-order chi connectivity index (χ1) is 10.3. The van der Waals surface area contributed by atoms with Crippen molar-refractivity contribution in [1.82, 2.24) is 10.6 Å². The van der Waals surface area contributed by atoms with Crippen LogP contribution in [0.3, 0.4) is 0 Å². The van der Waals surface area contributed by atoms with Gasteiger partial charge in [0.15, 0.2) is 5.96 Å². The third-order valence-corrected chi connectivity index (χ3v) is 3.83. The number of nitrogens with zero attached hydrogens (tertiary/aromatic N) is 1. The fourth-order valence-electron chi connectivity index (χ4n) is 2.51. The summed E-state index contributed by atoms with van der Waals surface area (Å²) in [6.07, 6.45) is 3.86. The van der Waals surface area contributed by atoms with Gasteiger partial charge in [0.2, 0.25) is 0 Å². The Balaban J connectivity index is 1.87. The van der Waals surface area contributed by atoms with Crippen molar-refractivity contribution in [2.75, 3.05) is 13.7 Å². The maximum absolute atomic E-state index is 5.17. The van der Waals surface area contributed by atoms with Gasteiger partial charge in [0, 0.05) is 12.6 Å². The predicted molar refractivity (Wildman–Crippen MR) is 87.7 cm³/mol. The minimum absolute atomic E-state index is 0.610. The number of hydrogen-bond acceptors (Lipinski definition) is 2. The Kier molecular flexibility index (Phi) is 5.90. The van der Waals surface area contributed by atoms with E-state index in [0.717, 1.165) is 24.2 Å². The van der Waals surface area contributed by atoms with E-state index in [-0.39, 0.29) is 0 Å². The van der Waals surface area contributed by atoms with Crippen LogP contribution in [-0.2, 0) is 6.54 Å². The van der Waals surface area contributed by atoms with E-state index in [4.69, 9.17) is 4.74 Å². The van der Waals surface area contributed by atoms with Crippen LogP contribution in [0.15, 0.2) is 29.3 Å². The minimum atomic E-state index is 0.610. The van der Waals surface area contributed by atoms with E-state index in [1.165, 1.54) is 24.8 Å². The Morgan fingerprint density at radius 1 is 1.29 bits per heavy atom. The monoisotopic (exact) mass is 289 g/mol. The third-order valence-electron chi connectivity index (χ3n) is 3.83. The molecule has 0 amide bonds. The fourth-order valence-corrected chi connectivity index (χ4v) is 2.51. The molecular weight excluding hydrogens is 262 g/mol. The summed E-state index contributed by atoms with van der Waals surface area (Å²) < 4.78 is 5.17. The van der Waals surface area contributed by atoms with E-state index in [0.29, 0.717) is 12.6 Å². The standard InChI is InChI=1S/C17H27N3O/c1-4-6-14-11-16(14)20-17(18-5-2)19-12-13-7-9-15(21-3)10-8-13/h7-10,14,16H,4-6,11-12H2,1-3H3,(H2,18,19,20). The Labute approximate surface area is 128 Å². The molecule has 4 heteroatoms. The average molecular weight is 289 g/mol. The molecular formula is C17H27N3O. The molecule has 0 saturated heterocycles. The zero-order valence-corrected chi connectivity index (χ0v) is 13.4. The second-order valence-electron chi connectivity index (χ2n) is 5.58. The maximum Gasteiger partial charge on any atom is 0.191 e. The molecule has 0 heterocycles. The van der Waals surface area contributed by atoms with Crippen molar-refractivity contribution in [2.45, 2.75) is 45.7 Å². The first-order valence-corrected chi connectivity index (χ1v) is 7.94. The lowest BCUT2D eigenvalue weighted by Crippen LogP contribution is -2.39. The SMILES string of the molecule is CCCC1CC1NC(=NCc1ccc(OC)cc1)NCC. The maximum atomic E-state index is 5.17. The molecule has 0 radical (unpaired) electrons. The summed E-state index contributed by atoms with van der Waals surface area (Å²) >= 11 is 0. The van der Waals surface area contributed by atoms with Crippen molar-refractivity contribution in [3.8, 4) is 5.75 Å². The van der Waals surface area contributed by atoms with Gasteiger partial charge in [0.05, 0.1) is 13.7 Å². The van der Waals surface area contributed by atoms with Crippen LogP contribution in [0.4, 0.5) is 0 Å². The molecule has 1 saturated carbocycles. The molecule has 2 rings (SSSR count).